The van der Waals surface area contributed by atoms with Gasteiger partial charge >= 0.3 is 0 Å². The lowest BCUT2D eigenvalue weighted by molar-refractivity contribution is 0.0905. The Morgan fingerprint density at radius 1 is 0.750 bits per heavy atom. The van der Waals surface area contributed by atoms with Crippen molar-refractivity contribution in [3.05, 3.63) is 70.8 Å². The molecule has 6 heteroatoms. The molecule has 5 rings (SSSR count). The molecule has 0 aliphatic carbocycles. The van der Waals surface area contributed by atoms with Crippen LogP contribution in [-0.2, 0) is 0 Å². The van der Waals surface area contributed by atoms with E-state index in [9.17, 15) is 9.90 Å². The van der Waals surface area contributed by atoms with Gasteiger partial charge in [-0.25, -0.2) is 9.97 Å². The Morgan fingerprint density at radius 2 is 1.29 bits per heavy atom. The third-order valence-electron chi connectivity index (χ3n) is 4.61. The highest BCUT2D eigenvalue weighted by Gasteiger charge is 2.10. The largest absolute Gasteiger partial charge is 0.388 e. The van der Waals surface area contributed by atoms with Crippen LogP contribution in [0.5, 0.6) is 0 Å². The molecule has 8 bridgehead atoms. The van der Waals surface area contributed by atoms with Crippen molar-refractivity contribution in [1.82, 2.24) is 19.9 Å². The van der Waals surface area contributed by atoms with Crippen molar-refractivity contribution < 1.29 is 9.90 Å². The molecule has 0 radical (unpaired) electrons. The lowest BCUT2D eigenvalue weighted by Crippen LogP contribution is -2.02. The Morgan fingerprint density at radius 3 is 1.86 bits per heavy atom. The maximum absolute atomic E-state index is 12.2. The van der Waals surface area contributed by atoms with Crippen LogP contribution in [0, 0.1) is 0 Å². The zero-order chi connectivity index (χ0) is 19.1. The van der Waals surface area contributed by atoms with E-state index in [0.29, 0.717) is 11.1 Å². The van der Waals surface area contributed by atoms with Crippen LogP contribution >= 0.6 is 0 Å². The van der Waals surface area contributed by atoms with E-state index in [-0.39, 0.29) is 5.78 Å². The zero-order valence-corrected chi connectivity index (χ0v) is 14.8. The number of H-pyrrole nitrogens is 2. The van der Waals surface area contributed by atoms with E-state index in [4.69, 9.17) is 0 Å². The number of rotatable bonds is 2. The molecule has 0 aromatic carbocycles. The molecule has 3 N–H and O–H groups in total. The van der Waals surface area contributed by atoms with E-state index < -0.39 is 6.61 Å². The highest BCUT2D eigenvalue weighted by Crippen LogP contribution is 2.20. The Balaban J connectivity index is 1.85. The number of aliphatic hydroxyl groups is 1. The normalized spacial score (nSPS) is 12.5. The van der Waals surface area contributed by atoms with Crippen molar-refractivity contribution in [2.24, 2.45) is 0 Å². The molecule has 0 fully saturated rings. The Bertz CT molecular complexity index is 1330. The summed E-state index contributed by atoms with van der Waals surface area (Å²) >= 11 is 0. The molecule has 3 aromatic heterocycles. The summed E-state index contributed by atoms with van der Waals surface area (Å²) in [5.41, 5.74) is 6.84. The zero-order valence-electron chi connectivity index (χ0n) is 14.8. The van der Waals surface area contributed by atoms with E-state index in [1.54, 1.807) is 12.1 Å². The average molecular weight is 368 g/mol. The standard InChI is InChI=1S/C22H16N4O2/c27-12-22(28)20-10-19-9-17-4-3-15(24-17)7-13-1-2-14(23-13)8-16-5-6-18(25-16)11-21(20)26-19/h1-11,23,26-27H,12H2. The van der Waals surface area contributed by atoms with Gasteiger partial charge in [0.25, 0.3) is 0 Å². The van der Waals surface area contributed by atoms with Crippen molar-refractivity contribution >= 4 is 52.2 Å². The van der Waals surface area contributed by atoms with Crippen LogP contribution < -0.4 is 0 Å². The number of ketones is 1. The van der Waals surface area contributed by atoms with Gasteiger partial charge in [-0.15, -0.1) is 0 Å². The van der Waals surface area contributed by atoms with Gasteiger partial charge < -0.3 is 15.1 Å². The summed E-state index contributed by atoms with van der Waals surface area (Å²) in [5, 5.41) is 9.31. The van der Waals surface area contributed by atoms with Gasteiger partial charge in [0.15, 0.2) is 5.78 Å². The molecule has 6 nitrogen and oxygen atoms in total. The van der Waals surface area contributed by atoms with Gasteiger partial charge in [0.2, 0.25) is 0 Å². The summed E-state index contributed by atoms with van der Waals surface area (Å²) in [6.45, 7) is -0.547. The first-order valence-electron chi connectivity index (χ1n) is 8.89. The summed E-state index contributed by atoms with van der Waals surface area (Å²) < 4.78 is 0. The van der Waals surface area contributed by atoms with Crippen molar-refractivity contribution in [2.45, 2.75) is 0 Å². The van der Waals surface area contributed by atoms with Gasteiger partial charge in [-0.2, -0.15) is 0 Å². The number of fused-ring (bicyclic) bond motifs is 8. The first-order valence-corrected chi connectivity index (χ1v) is 8.89. The molecule has 0 amide bonds. The van der Waals surface area contributed by atoms with Gasteiger partial charge in [-0.1, -0.05) is 0 Å². The minimum absolute atomic E-state index is 0.346. The molecule has 0 saturated heterocycles. The number of aromatic amines is 2. The van der Waals surface area contributed by atoms with Crippen LogP contribution in [0.1, 0.15) is 33.1 Å². The molecule has 0 spiro atoms. The maximum Gasteiger partial charge on any atom is 0.190 e. The molecular formula is C22H16N4O2. The predicted molar refractivity (Wildman–Crippen MR) is 110 cm³/mol. The van der Waals surface area contributed by atoms with E-state index >= 15 is 0 Å². The summed E-state index contributed by atoms with van der Waals surface area (Å²) in [6.07, 6.45) is 7.67. The molecule has 0 saturated carbocycles. The highest BCUT2D eigenvalue weighted by molar-refractivity contribution is 6.05. The Hall–Kier alpha value is -3.77. The van der Waals surface area contributed by atoms with Crippen molar-refractivity contribution in [1.29, 1.82) is 0 Å². The molecule has 3 aromatic rings. The molecule has 0 atom stereocenters. The van der Waals surface area contributed by atoms with Crippen molar-refractivity contribution in [3.63, 3.8) is 0 Å². The van der Waals surface area contributed by atoms with Crippen LogP contribution in [0.25, 0.3) is 46.4 Å². The van der Waals surface area contributed by atoms with Gasteiger partial charge in [-0.3, -0.25) is 4.79 Å². The monoisotopic (exact) mass is 368 g/mol. The van der Waals surface area contributed by atoms with Gasteiger partial charge in [0.05, 0.1) is 28.3 Å². The summed E-state index contributed by atoms with van der Waals surface area (Å²) in [4.78, 5) is 27.9. The molecule has 136 valence electrons. The van der Waals surface area contributed by atoms with E-state index in [1.807, 2.05) is 54.6 Å². The summed E-state index contributed by atoms with van der Waals surface area (Å²) in [7, 11) is 0. The number of hydrogen-bond acceptors (Lipinski definition) is 4. The highest BCUT2D eigenvalue weighted by atomic mass is 16.3. The molecule has 2 aliphatic rings. The number of hydrogen-bond donors (Lipinski definition) is 3. The fraction of sp³-hybridized carbons (Fsp3) is 0.0455. The van der Waals surface area contributed by atoms with Crippen LogP contribution in [0.3, 0.4) is 0 Å². The third-order valence-corrected chi connectivity index (χ3v) is 4.61. The maximum atomic E-state index is 12.2. The molecule has 28 heavy (non-hydrogen) atoms. The van der Waals surface area contributed by atoms with Gasteiger partial charge in [0.1, 0.15) is 6.61 Å². The first-order chi connectivity index (χ1) is 13.7. The van der Waals surface area contributed by atoms with Crippen molar-refractivity contribution in [3.8, 4) is 0 Å². The summed E-state index contributed by atoms with van der Waals surface area (Å²) in [5.74, 6) is -0.346. The number of carbonyl (C=O) groups is 1. The molecule has 0 unspecified atom stereocenters. The second kappa shape index (κ2) is 6.44. The SMILES string of the molecule is O=C(CO)c1cc2cc3nc(cc4ccc(cc5nc(cc1[nH]2)C=C5)[nH]4)C=C3. The average Bonchev–Trinajstić information content (AvgIpc) is 3.45. The molecule has 2 aliphatic heterocycles. The number of aromatic nitrogens is 4. The molecular weight excluding hydrogens is 352 g/mol. The van der Waals surface area contributed by atoms with E-state index in [2.05, 4.69) is 19.9 Å². The smallest absolute Gasteiger partial charge is 0.190 e. The second-order valence-corrected chi connectivity index (χ2v) is 6.67. The second-order valence-electron chi connectivity index (χ2n) is 6.67. The minimum atomic E-state index is -0.547. The van der Waals surface area contributed by atoms with Crippen LogP contribution in [0.2, 0.25) is 0 Å². The summed E-state index contributed by atoms with van der Waals surface area (Å²) in [6, 6.07) is 13.3. The number of aliphatic hydroxyl groups excluding tert-OH is 1. The number of carbonyl (C=O) groups excluding carboxylic acids is 1. The number of nitrogens with zero attached hydrogens (tertiary/aromatic N) is 2. The van der Waals surface area contributed by atoms with E-state index in [0.717, 1.165) is 39.3 Å². The third kappa shape index (κ3) is 3.06. The van der Waals surface area contributed by atoms with Crippen LogP contribution in [0.4, 0.5) is 0 Å². The van der Waals surface area contributed by atoms with E-state index in [1.165, 1.54) is 0 Å². The predicted octanol–water partition coefficient (Wildman–Crippen LogP) is 3.83. The topological polar surface area (TPSA) is 94.7 Å². The lowest BCUT2D eigenvalue weighted by atomic mass is 10.2. The molecule has 5 heterocycles. The quantitative estimate of drug-likeness (QED) is 0.413. The Labute approximate surface area is 159 Å². The lowest BCUT2D eigenvalue weighted by Gasteiger charge is -1.92. The Kier molecular flexibility index (Phi) is 3.77. The van der Waals surface area contributed by atoms with Crippen LogP contribution in [-0.4, -0.2) is 37.4 Å². The number of nitrogens with one attached hydrogen (secondary N) is 2. The number of Topliss-reactive ketones (excluding diaryl/α,β-unsaturated/α-hetero) is 1. The fourth-order valence-corrected chi connectivity index (χ4v) is 3.33. The van der Waals surface area contributed by atoms with Crippen molar-refractivity contribution in [2.75, 3.05) is 6.61 Å². The van der Waals surface area contributed by atoms with Gasteiger partial charge in [0, 0.05) is 22.1 Å². The first kappa shape index (κ1) is 16.4. The van der Waals surface area contributed by atoms with Gasteiger partial charge in [-0.05, 0) is 66.8 Å². The van der Waals surface area contributed by atoms with Crippen LogP contribution in [0.15, 0.2) is 42.5 Å². The minimum Gasteiger partial charge on any atom is -0.388 e. The fourth-order valence-electron chi connectivity index (χ4n) is 3.33.